The molecule has 2 aromatic carbocycles. The Balaban J connectivity index is 1.52. The second-order valence-electron chi connectivity index (χ2n) is 7.78. The number of oxazole rings is 1. The van der Waals surface area contributed by atoms with Crippen molar-refractivity contribution in [2.24, 2.45) is 0 Å². The SMILES string of the molecule is CN1CCC[C@@H]1C(=O)N[C@@H](Cc1ccccc1)c1nc(C(=O)Nc2ccccc2)co1. The summed E-state index contributed by atoms with van der Waals surface area (Å²) in [6, 6.07) is 18.4. The predicted molar refractivity (Wildman–Crippen MR) is 118 cm³/mol. The second-order valence-corrected chi connectivity index (χ2v) is 7.78. The van der Waals surface area contributed by atoms with E-state index in [2.05, 4.69) is 20.5 Å². The molecule has 0 radical (unpaired) electrons. The molecule has 0 bridgehead atoms. The van der Waals surface area contributed by atoms with Gasteiger partial charge < -0.3 is 15.1 Å². The molecule has 2 amide bonds. The van der Waals surface area contributed by atoms with E-state index in [-0.39, 0.29) is 23.6 Å². The maximum Gasteiger partial charge on any atom is 0.277 e. The summed E-state index contributed by atoms with van der Waals surface area (Å²) in [6.07, 6.45) is 3.68. The minimum atomic E-state index is -0.470. The van der Waals surface area contributed by atoms with Gasteiger partial charge in [-0.25, -0.2) is 4.98 Å². The Morgan fingerprint density at radius 3 is 2.52 bits per heavy atom. The van der Waals surface area contributed by atoms with Gasteiger partial charge in [0.15, 0.2) is 5.69 Å². The molecule has 0 unspecified atom stereocenters. The number of amides is 2. The number of rotatable bonds is 7. The quantitative estimate of drug-likeness (QED) is 0.614. The van der Waals surface area contributed by atoms with Crippen LogP contribution in [0.25, 0.3) is 0 Å². The molecule has 4 rings (SSSR count). The first kappa shape index (κ1) is 20.8. The highest BCUT2D eigenvalue weighted by molar-refractivity contribution is 6.02. The third kappa shape index (κ3) is 5.19. The summed E-state index contributed by atoms with van der Waals surface area (Å²) < 4.78 is 5.65. The van der Waals surface area contributed by atoms with Crippen LogP contribution in [0.4, 0.5) is 5.69 Å². The Kier molecular flexibility index (Phi) is 6.43. The lowest BCUT2D eigenvalue weighted by atomic mass is 10.0. The average molecular weight is 418 g/mol. The summed E-state index contributed by atoms with van der Waals surface area (Å²) >= 11 is 0. The van der Waals surface area contributed by atoms with E-state index >= 15 is 0 Å². The summed E-state index contributed by atoms with van der Waals surface area (Å²) in [5.74, 6) is -0.0907. The first-order valence-corrected chi connectivity index (χ1v) is 10.5. The van der Waals surface area contributed by atoms with Gasteiger partial charge in [0.2, 0.25) is 11.8 Å². The fraction of sp³-hybridized carbons (Fsp3) is 0.292. The number of likely N-dealkylation sites (N-methyl/N-ethyl adjacent to an activating group) is 1. The summed E-state index contributed by atoms with van der Waals surface area (Å²) in [5, 5.41) is 5.88. The molecule has 7 nitrogen and oxygen atoms in total. The number of carbonyl (C=O) groups is 2. The molecular weight excluding hydrogens is 392 g/mol. The minimum Gasteiger partial charge on any atom is -0.446 e. The van der Waals surface area contributed by atoms with Crippen LogP contribution in [0.5, 0.6) is 0 Å². The van der Waals surface area contributed by atoms with E-state index in [1.807, 2.05) is 55.6 Å². The van der Waals surface area contributed by atoms with Gasteiger partial charge >= 0.3 is 0 Å². The Bertz CT molecular complexity index is 1020. The zero-order chi connectivity index (χ0) is 21.6. The molecule has 1 aliphatic rings. The van der Waals surface area contributed by atoms with Crippen LogP contribution in [0.2, 0.25) is 0 Å². The number of nitrogens with one attached hydrogen (secondary N) is 2. The monoisotopic (exact) mass is 418 g/mol. The number of carbonyl (C=O) groups excluding carboxylic acids is 2. The fourth-order valence-corrected chi connectivity index (χ4v) is 3.83. The number of benzene rings is 2. The smallest absolute Gasteiger partial charge is 0.277 e. The molecule has 2 heterocycles. The van der Waals surface area contributed by atoms with Crippen LogP contribution in [0.1, 0.15) is 40.8 Å². The van der Waals surface area contributed by atoms with Gasteiger partial charge in [-0.2, -0.15) is 0 Å². The first-order valence-electron chi connectivity index (χ1n) is 10.5. The highest BCUT2D eigenvalue weighted by atomic mass is 16.3. The average Bonchev–Trinajstić information content (AvgIpc) is 3.44. The standard InChI is InChI=1S/C24H26N4O3/c1-28-14-8-13-21(28)23(30)26-19(15-17-9-4-2-5-10-17)24-27-20(16-31-24)22(29)25-18-11-6-3-7-12-18/h2-7,9-12,16,19,21H,8,13-15H2,1H3,(H,25,29)(H,26,30)/t19-,21+/m0/s1. The summed E-state index contributed by atoms with van der Waals surface area (Å²) in [5.41, 5.74) is 1.89. The molecule has 3 aromatic rings. The van der Waals surface area contributed by atoms with Crippen LogP contribution >= 0.6 is 0 Å². The highest BCUT2D eigenvalue weighted by Crippen LogP contribution is 2.21. The fourth-order valence-electron chi connectivity index (χ4n) is 3.83. The lowest BCUT2D eigenvalue weighted by Gasteiger charge is -2.22. The van der Waals surface area contributed by atoms with Crippen LogP contribution in [0, 0.1) is 0 Å². The van der Waals surface area contributed by atoms with E-state index in [1.165, 1.54) is 6.26 Å². The molecule has 2 N–H and O–H groups in total. The lowest BCUT2D eigenvalue weighted by molar-refractivity contribution is -0.126. The predicted octanol–water partition coefficient (Wildman–Crippen LogP) is 3.42. The van der Waals surface area contributed by atoms with Crippen LogP contribution in [-0.4, -0.2) is 41.3 Å². The molecule has 1 aliphatic heterocycles. The number of aromatic nitrogens is 1. The third-order valence-corrected chi connectivity index (χ3v) is 5.51. The Morgan fingerprint density at radius 1 is 1.13 bits per heavy atom. The number of para-hydroxylation sites is 1. The summed E-state index contributed by atoms with van der Waals surface area (Å²) in [4.78, 5) is 31.9. The van der Waals surface area contributed by atoms with Gasteiger partial charge in [0.1, 0.15) is 12.3 Å². The second kappa shape index (κ2) is 9.57. The molecule has 7 heteroatoms. The van der Waals surface area contributed by atoms with Gasteiger partial charge in [-0.3, -0.25) is 14.5 Å². The van der Waals surface area contributed by atoms with Gasteiger partial charge in [0.05, 0.1) is 6.04 Å². The van der Waals surface area contributed by atoms with Crippen LogP contribution < -0.4 is 10.6 Å². The zero-order valence-electron chi connectivity index (χ0n) is 17.5. The maximum absolute atomic E-state index is 12.9. The molecular formula is C24H26N4O3. The molecule has 2 atom stereocenters. The molecule has 1 aromatic heterocycles. The van der Waals surface area contributed by atoms with Crippen molar-refractivity contribution < 1.29 is 14.0 Å². The first-order chi connectivity index (χ1) is 15.1. The van der Waals surface area contributed by atoms with Crippen LogP contribution in [0.3, 0.4) is 0 Å². The number of anilines is 1. The van der Waals surface area contributed by atoms with Gasteiger partial charge in [0, 0.05) is 12.1 Å². The van der Waals surface area contributed by atoms with Crippen molar-refractivity contribution in [2.75, 3.05) is 18.9 Å². The van der Waals surface area contributed by atoms with Crippen molar-refractivity contribution in [3.05, 3.63) is 84.1 Å². The van der Waals surface area contributed by atoms with E-state index < -0.39 is 6.04 Å². The van der Waals surface area contributed by atoms with Crippen LogP contribution in [-0.2, 0) is 11.2 Å². The normalized spacial score (nSPS) is 17.3. The Morgan fingerprint density at radius 2 is 1.84 bits per heavy atom. The number of likely N-dealkylation sites (tertiary alicyclic amines) is 1. The molecule has 1 fully saturated rings. The molecule has 31 heavy (non-hydrogen) atoms. The maximum atomic E-state index is 12.9. The van der Waals surface area contributed by atoms with Crippen molar-refractivity contribution in [2.45, 2.75) is 31.3 Å². The van der Waals surface area contributed by atoms with Crippen molar-refractivity contribution in [1.82, 2.24) is 15.2 Å². The van der Waals surface area contributed by atoms with Crippen molar-refractivity contribution in [3.63, 3.8) is 0 Å². The van der Waals surface area contributed by atoms with E-state index in [0.29, 0.717) is 18.0 Å². The van der Waals surface area contributed by atoms with E-state index in [9.17, 15) is 9.59 Å². The summed E-state index contributed by atoms with van der Waals surface area (Å²) in [6.45, 7) is 0.907. The Hall–Kier alpha value is -3.45. The molecule has 0 aliphatic carbocycles. The number of hydrogen-bond donors (Lipinski definition) is 2. The Labute approximate surface area is 181 Å². The molecule has 160 valence electrons. The largest absolute Gasteiger partial charge is 0.446 e. The minimum absolute atomic E-state index is 0.0468. The lowest BCUT2D eigenvalue weighted by Crippen LogP contribution is -2.43. The van der Waals surface area contributed by atoms with Crippen molar-refractivity contribution >= 4 is 17.5 Å². The van der Waals surface area contributed by atoms with Crippen molar-refractivity contribution in [1.29, 1.82) is 0 Å². The van der Waals surface area contributed by atoms with E-state index in [4.69, 9.17) is 4.42 Å². The van der Waals surface area contributed by atoms with Gasteiger partial charge in [0.25, 0.3) is 5.91 Å². The number of nitrogens with zero attached hydrogens (tertiary/aromatic N) is 2. The highest BCUT2D eigenvalue weighted by Gasteiger charge is 2.31. The van der Waals surface area contributed by atoms with E-state index in [0.717, 1.165) is 24.9 Å². The molecule has 1 saturated heterocycles. The van der Waals surface area contributed by atoms with Gasteiger partial charge in [-0.05, 0) is 44.1 Å². The number of hydrogen-bond acceptors (Lipinski definition) is 5. The van der Waals surface area contributed by atoms with Crippen molar-refractivity contribution in [3.8, 4) is 0 Å². The summed E-state index contributed by atoms with van der Waals surface area (Å²) in [7, 11) is 1.96. The van der Waals surface area contributed by atoms with Gasteiger partial charge in [-0.1, -0.05) is 48.5 Å². The molecule has 0 spiro atoms. The van der Waals surface area contributed by atoms with Gasteiger partial charge in [-0.15, -0.1) is 0 Å². The van der Waals surface area contributed by atoms with E-state index in [1.54, 1.807) is 12.1 Å². The third-order valence-electron chi connectivity index (χ3n) is 5.51. The molecule has 0 saturated carbocycles. The van der Waals surface area contributed by atoms with Crippen LogP contribution in [0.15, 0.2) is 71.3 Å². The topological polar surface area (TPSA) is 87.5 Å². The zero-order valence-corrected chi connectivity index (χ0v) is 17.5.